The molecule has 0 saturated heterocycles. The molecule has 0 aliphatic carbocycles. The van der Waals surface area contributed by atoms with Gasteiger partial charge in [-0.05, 0) is 12.2 Å². The van der Waals surface area contributed by atoms with E-state index in [0.29, 0.717) is 5.88 Å². The minimum atomic E-state index is 0.173. The van der Waals surface area contributed by atoms with E-state index in [9.17, 15) is 0 Å². The normalized spacial score (nSPS) is 15.3. The van der Waals surface area contributed by atoms with Gasteiger partial charge in [-0.1, -0.05) is 0 Å². The predicted molar refractivity (Wildman–Crippen MR) is 35.0 cm³/mol. The van der Waals surface area contributed by atoms with Crippen molar-refractivity contribution < 1.29 is 9.47 Å². The lowest BCUT2D eigenvalue weighted by Gasteiger charge is -2.00. The lowest BCUT2D eigenvalue weighted by molar-refractivity contribution is 0.0772. The first-order valence-corrected chi connectivity index (χ1v) is 2.71. The summed E-state index contributed by atoms with van der Waals surface area (Å²) in [6, 6.07) is 0. The van der Waals surface area contributed by atoms with Crippen LogP contribution < -0.4 is 11.1 Å². The van der Waals surface area contributed by atoms with Crippen molar-refractivity contribution in [1.82, 2.24) is 5.32 Å². The number of thiocarbonyl (C=S) groups is 1. The van der Waals surface area contributed by atoms with Crippen molar-refractivity contribution in [2.75, 3.05) is 6.79 Å². The SMILES string of the molecule is NC(=S)NC1=COCO1. The molecule has 0 aromatic rings. The predicted octanol–water partition coefficient (Wildman–Crippen LogP) is -0.377. The fourth-order valence-corrected chi connectivity index (χ4v) is 0.529. The van der Waals surface area contributed by atoms with Crippen molar-refractivity contribution >= 4 is 17.3 Å². The molecule has 5 heteroatoms. The van der Waals surface area contributed by atoms with Crippen LogP contribution in [-0.4, -0.2) is 11.9 Å². The van der Waals surface area contributed by atoms with E-state index in [1.165, 1.54) is 6.26 Å². The van der Waals surface area contributed by atoms with Gasteiger partial charge in [0.15, 0.2) is 5.11 Å². The summed E-state index contributed by atoms with van der Waals surface area (Å²) in [7, 11) is 0. The van der Waals surface area contributed by atoms with E-state index < -0.39 is 0 Å². The molecule has 0 atom stereocenters. The zero-order valence-corrected chi connectivity index (χ0v) is 5.40. The average molecular weight is 146 g/mol. The molecule has 0 amide bonds. The first kappa shape index (κ1) is 6.15. The Morgan fingerprint density at radius 1 is 1.89 bits per heavy atom. The van der Waals surface area contributed by atoms with Crippen LogP contribution in [0.25, 0.3) is 0 Å². The van der Waals surface area contributed by atoms with Gasteiger partial charge in [-0.3, -0.25) is 0 Å². The molecule has 0 radical (unpaired) electrons. The molecule has 0 spiro atoms. The van der Waals surface area contributed by atoms with Gasteiger partial charge in [0.05, 0.1) is 0 Å². The number of nitrogens with two attached hydrogens (primary N) is 1. The zero-order valence-electron chi connectivity index (χ0n) is 4.59. The summed E-state index contributed by atoms with van der Waals surface area (Å²) in [6.45, 7) is 0.227. The molecule has 0 aromatic carbocycles. The van der Waals surface area contributed by atoms with Crippen LogP contribution in [0, 0.1) is 0 Å². The van der Waals surface area contributed by atoms with E-state index in [1.807, 2.05) is 0 Å². The summed E-state index contributed by atoms with van der Waals surface area (Å²) in [5, 5.41) is 2.74. The van der Waals surface area contributed by atoms with E-state index in [4.69, 9.17) is 15.2 Å². The second kappa shape index (κ2) is 2.54. The molecule has 1 rings (SSSR count). The molecule has 0 bridgehead atoms. The van der Waals surface area contributed by atoms with Crippen LogP contribution in [0.1, 0.15) is 0 Å². The minimum absolute atomic E-state index is 0.173. The highest BCUT2D eigenvalue weighted by Crippen LogP contribution is 2.00. The minimum Gasteiger partial charge on any atom is -0.459 e. The van der Waals surface area contributed by atoms with E-state index in [1.54, 1.807) is 0 Å². The molecule has 50 valence electrons. The molecule has 1 heterocycles. The van der Waals surface area contributed by atoms with Crippen LogP contribution in [0.4, 0.5) is 0 Å². The first-order valence-electron chi connectivity index (χ1n) is 2.30. The molecule has 0 aromatic heterocycles. The quantitative estimate of drug-likeness (QED) is 0.494. The van der Waals surface area contributed by atoms with Crippen LogP contribution >= 0.6 is 12.2 Å². The summed E-state index contributed by atoms with van der Waals surface area (Å²) in [6.07, 6.45) is 1.42. The average Bonchev–Trinajstić information content (AvgIpc) is 2.15. The summed E-state index contributed by atoms with van der Waals surface area (Å²) in [4.78, 5) is 0. The Morgan fingerprint density at radius 2 is 2.67 bits per heavy atom. The number of rotatable bonds is 1. The summed E-state index contributed by atoms with van der Waals surface area (Å²) < 4.78 is 9.52. The monoisotopic (exact) mass is 146 g/mol. The van der Waals surface area contributed by atoms with Gasteiger partial charge in [-0.15, -0.1) is 0 Å². The fourth-order valence-electron chi connectivity index (χ4n) is 0.428. The smallest absolute Gasteiger partial charge is 0.232 e. The van der Waals surface area contributed by atoms with Gasteiger partial charge in [0.1, 0.15) is 6.26 Å². The Balaban J connectivity index is 2.35. The van der Waals surface area contributed by atoms with Crippen LogP contribution in [0.15, 0.2) is 12.1 Å². The van der Waals surface area contributed by atoms with Gasteiger partial charge in [0, 0.05) is 0 Å². The van der Waals surface area contributed by atoms with Gasteiger partial charge in [0.25, 0.3) is 0 Å². The molecular weight excluding hydrogens is 140 g/mol. The second-order valence-electron chi connectivity index (χ2n) is 1.40. The molecule has 4 nitrogen and oxygen atoms in total. The van der Waals surface area contributed by atoms with E-state index >= 15 is 0 Å². The molecule has 3 N–H and O–H groups in total. The van der Waals surface area contributed by atoms with E-state index in [2.05, 4.69) is 17.5 Å². The topological polar surface area (TPSA) is 56.5 Å². The molecular formula is C4H6N2O2S. The largest absolute Gasteiger partial charge is 0.459 e. The highest BCUT2D eigenvalue weighted by molar-refractivity contribution is 7.80. The zero-order chi connectivity index (χ0) is 6.69. The van der Waals surface area contributed by atoms with Crippen molar-refractivity contribution in [2.45, 2.75) is 0 Å². The lowest BCUT2D eigenvalue weighted by Crippen LogP contribution is -2.28. The molecule has 0 unspecified atom stereocenters. The number of nitrogens with one attached hydrogen (secondary N) is 1. The number of ether oxygens (including phenoxy) is 2. The third-order valence-electron chi connectivity index (χ3n) is 0.719. The Morgan fingerprint density at radius 3 is 3.11 bits per heavy atom. The van der Waals surface area contributed by atoms with Gasteiger partial charge in [-0.25, -0.2) is 0 Å². The van der Waals surface area contributed by atoms with Crippen molar-refractivity contribution in [3.8, 4) is 0 Å². The Labute approximate surface area is 57.6 Å². The number of hydrogen-bond acceptors (Lipinski definition) is 3. The fraction of sp³-hybridized carbons (Fsp3) is 0.250. The maximum Gasteiger partial charge on any atom is 0.232 e. The first-order chi connectivity index (χ1) is 4.29. The maximum absolute atomic E-state index is 5.12. The van der Waals surface area contributed by atoms with Gasteiger partial charge in [-0.2, -0.15) is 0 Å². The standard InChI is InChI=1S/C4H6N2O2S/c5-4(9)6-3-1-7-2-8-3/h1H,2H2,(H3,5,6,9). The van der Waals surface area contributed by atoms with Crippen molar-refractivity contribution in [3.05, 3.63) is 12.1 Å². The Kier molecular flexibility index (Phi) is 1.74. The molecule has 0 saturated carbocycles. The highest BCUT2D eigenvalue weighted by Gasteiger charge is 2.04. The lowest BCUT2D eigenvalue weighted by atomic mass is 10.8. The summed E-state index contributed by atoms with van der Waals surface area (Å²) in [5.41, 5.74) is 5.12. The molecule has 1 aliphatic rings. The Hall–Kier alpha value is -0.970. The second-order valence-corrected chi connectivity index (χ2v) is 1.84. The molecule has 0 fully saturated rings. The van der Waals surface area contributed by atoms with Gasteiger partial charge in [0.2, 0.25) is 12.7 Å². The van der Waals surface area contributed by atoms with Crippen LogP contribution in [0.2, 0.25) is 0 Å². The molecule has 1 aliphatic heterocycles. The van der Waals surface area contributed by atoms with Gasteiger partial charge < -0.3 is 20.5 Å². The third-order valence-corrected chi connectivity index (χ3v) is 0.821. The van der Waals surface area contributed by atoms with Crippen molar-refractivity contribution in [3.63, 3.8) is 0 Å². The summed E-state index contributed by atoms with van der Waals surface area (Å²) >= 11 is 4.52. The molecule has 9 heavy (non-hydrogen) atoms. The van der Waals surface area contributed by atoms with Crippen molar-refractivity contribution in [1.29, 1.82) is 0 Å². The van der Waals surface area contributed by atoms with Crippen LogP contribution in [0.3, 0.4) is 0 Å². The third kappa shape index (κ3) is 1.77. The van der Waals surface area contributed by atoms with Crippen molar-refractivity contribution in [2.24, 2.45) is 5.73 Å². The van der Waals surface area contributed by atoms with Crippen LogP contribution in [-0.2, 0) is 9.47 Å². The number of hydrogen-bond donors (Lipinski definition) is 2. The van der Waals surface area contributed by atoms with Gasteiger partial charge >= 0.3 is 0 Å². The summed E-state index contributed by atoms with van der Waals surface area (Å²) in [5.74, 6) is 0.461. The Bertz CT molecular complexity index is 157. The van der Waals surface area contributed by atoms with E-state index in [-0.39, 0.29) is 11.9 Å². The van der Waals surface area contributed by atoms with E-state index in [0.717, 1.165) is 0 Å². The van der Waals surface area contributed by atoms with Crippen LogP contribution in [0.5, 0.6) is 0 Å². The maximum atomic E-state index is 5.12. The highest BCUT2D eigenvalue weighted by atomic mass is 32.1.